The van der Waals surface area contributed by atoms with Gasteiger partial charge in [-0.25, -0.2) is 4.68 Å². The van der Waals surface area contributed by atoms with Gasteiger partial charge in [0, 0.05) is 16.3 Å². The van der Waals surface area contributed by atoms with Crippen molar-refractivity contribution in [1.82, 2.24) is 20.2 Å². The average molecular weight is 300 g/mol. The van der Waals surface area contributed by atoms with E-state index in [2.05, 4.69) is 15.5 Å². The highest BCUT2D eigenvalue weighted by atomic mass is 35.5. The zero-order chi connectivity index (χ0) is 14.8. The van der Waals surface area contributed by atoms with Crippen molar-refractivity contribution in [3.8, 4) is 11.4 Å². The number of hydrogen-bond acceptors (Lipinski definition) is 4. The van der Waals surface area contributed by atoms with Crippen LogP contribution in [0.5, 0.6) is 0 Å². The van der Waals surface area contributed by atoms with Gasteiger partial charge in [0.15, 0.2) is 5.82 Å². The molecule has 3 aromatic rings. The number of anilines is 1. The smallest absolute Gasteiger partial charge is 0.182 e. The van der Waals surface area contributed by atoms with E-state index < -0.39 is 0 Å². The molecule has 1 aromatic heterocycles. The zero-order valence-corrected chi connectivity index (χ0v) is 12.2. The summed E-state index contributed by atoms with van der Waals surface area (Å²) in [5, 5.41) is 12.6. The molecule has 106 valence electrons. The molecule has 0 bridgehead atoms. The lowest BCUT2D eigenvalue weighted by atomic mass is 10.1. The molecule has 5 nitrogen and oxygen atoms in total. The minimum atomic E-state index is 0.510. The average Bonchev–Trinajstić information content (AvgIpc) is 2.92. The second kappa shape index (κ2) is 5.54. The number of nitrogen functional groups attached to an aromatic ring is 1. The summed E-state index contributed by atoms with van der Waals surface area (Å²) < 4.78 is 1.73. The molecule has 0 saturated heterocycles. The molecule has 21 heavy (non-hydrogen) atoms. The molecule has 0 radical (unpaired) electrons. The summed E-state index contributed by atoms with van der Waals surface area (Å²) >= 11 is 6.19. The maximum Gasteiger partial charge on any atom is 0.182 e. The van der Waals surface area contributed by atoms with E-state index in [1.165, 1.54) is 0 Å². The summed E-state index contributed by atoms with van der Waals surface area (Å²) in [5.41, 5.74) is 9.53. The molecule has 0 saturated carbocycles. The predicted molar refractivity (Wildman–Crippen MR) is 83.0 cm³/mol. The van der Waals surface area contributed by atoms with Crippen LogP contribution in [0, 0.1) is 6.92 Å². The third-order valence-electron chi connectivity index (χ3n) is 3.43. The lowest BCUT2D eigenvalue weighted by Crippen LogP contribution is -2.06. The van der Waals surface area contributed by atoms with Crippen LogP contribution in [0.2, 0.25) is 5.02 Å². The van der Waals surface area contributed by atoms with Crippen LogP contribution < -0.4 is 5.73 Å². The number of rotatable bonds is 3. The van der Waals surface area contributed by atoms with Crippen molar-refractivity contribution in [3.63, 3.8) is 0 Å². The molecule has 0 fully saturated rings. The van der Waals surface area contributed by atoms with Crippen molar-refractivity contribution in [2.24, 2.45) is 0 Å². The molecule has 0 unspecified atom stereocenters. The van der Waals surface area contributed by atoms with Crippen LogP contribution in [0.15, 0.2) is 42.5 Å². The Balaban J connectivity index is 2.02. The van der Waals surface area contributed by atoms with Crippen molar-refractivity contribution in [2.75, 3.05) is 5.73 Å². The summed E-state index contributed by atoms with van der Waals surface area (Å²) in [4.78, 5) is 0. The van der Waals surface area contributed by atoms with Crippen LogP contribution in [-0.2, 0) is 6.54 Å². The Hall–Kier alpha value is -2.40. The molecule has 0 aliphatic carbocycles. The molecule has 0 spiro atoms. The highest BCUT2D eigenvalue weighted by Crippen LogP contribution is 2.26. The van der Waals surface area contributed by atoms with E-state index in [0.29, 0.717) is 17.4 Å². The van der Waals surface area contributed by atoms with E-state index in [4.69, 9.17) is 17.3 Å². The minimum Gasteiger partial charge on any atom is -0.398 e. The molecule has 3 rings (SSSR count). The predicted octanol–water partition coefficient (Wildman–Crippen LogP) is 2.93. The van der Waals surface area contributed by atoms with Crippen LogP contribution in [0.1, 0.15) is 11.1 Å². The normalized spacial score (nSPS) is 10.8. The van der Waals surface area contributed by atoms with Gasteiger partial charge >= 0.3 is 0 Å². The third kappa shape index (κ3) is 2.60. The molecule has 2 aromatic carbocycles. The molecule has 1 heterocycles. The van der Waals surface area contributed by atoms with E-state index in [1.807, 2.05) is 49.4 Å². The van der Waals surface area contributed by atoms with Gasteiger partial charge in [0.2, 0.25) is 0 Å². The van der Waals surface area contributed by atoms with Crippen LogP contribution in [0.25, 0.3) is 11.4 Å². The summed E-state index contributed by atoms with van der Waals surface area (Å²) in [6.07, 6.45) is 0. The van der Waals surface area contributed by atoms with Crippen molar-refractivity contribution in [2.45, 2.75) is 13.5 Å². The number of tetrazole rings is 1. The van der Waals surface area contributed by atoms with E-state index in [-0.39, 0.29) is 0 Å². The first-order valence-corrected chi connectivity index (χ1v) is 6.89. The van der Waals surface area contributed by atoms with Gasteiger partial charge in [0.05, 0.1) is 6.54 Å². The van der Waals surface area contributed by atoms with Gasteiger partial charge in [-0.2, -0.15) is 0 Å². The van der Waals surface area contributed by atoms with Crippen molar-refractivity contribution in [3.05, 3.63) is 58.6 Å². The Labute approximate surface area is 127 Å². The molecule has 0 aliphatic heterocycles. The Morgan fingerprint density at radius 1 is 1.14 bits per heavy atom. The van der Waals surface area contributed by atoms with Gasteiger partial charge in [-0.3, -0.25) is 0 Å². The standard InChI is InChI=1S/C15H14ClN5/c1-10-12(6-4-8-14(10)17)15-18-19-20-21(15)9-11-5-2-3-7-13(11)16/h2-8H,9,17H2,1H3. The largest absolute Gasteiger partial charge is 0.398 e. The number of nitrogens with zero attached hydrogens (tertiary/aromatic N) is 4. The number of hydrogen-bond donors (Lipinski definition) is 1. The van der Waals surface area contributed by atoms with Crippen LogP contribution in [-0.4, -0.2) is 20.2 Å². The van der Waals surface area contributed by atoms with Crippen molar-refractivity contribution in [1.29, 1.82) is 0 Å². The molecule has 6 heteroatoms. The topological polar surface area (TPSA) is 69.6 Å². The quantitative estimate of drug-likeness (QED) is 0.755. The zero-order valence-electron chi connectivity index (χ0n) is 11.5. The second-order valence-corrected chi connectivity index (χ2v) is 5.18. The fourth-order valence-corrected chi connectivity index (χ4v) is 2.38. The molecule has 0 atom stereocenters. The second-order valence-electron chi connectivity index (χ2n) is 4.77. The van der Waals surface area contributed by atoms with Crippen LogP contribution in [0.3, 0.4) is 0 Å². The van der Waals surface area contributed by atoms with Crippen LogP contribution in [0.4, 0.5) is 5.69 Å². The molecular formula is C15H14ClN5. The Bertz CT molecular complexity index is 781. The lowest BCUT2D eigenvalue weighted by molar-refractivity contribution is 0.653. The fraction of sp³-hybridized carbons (Fsp3) is 0.133. The summed E-state index contributed by atoms with van der Waals surface area (Å²) in [7, 11) is 0. The summed E-state index contributed by atoms with van der Waals surface area (Å²) in [5.74, 6) is 0.680. The summed E-state index contributed by atoms with van der Waals surface area (Å²) in [6.45, 7) is 2.47. The van der Waals surface area contributed by atoms with Gasteiger partial charge in [-0.15, -0.1) is 5.10 Å². The van der Waals surface area contributed by atoms with Gasteiger partial charge < -0.3 is 5.73 Å². The first kappa shape index (κ1) is 13.6. The first-order valence-electron chi connectivity index (χ1n) is 6.52. The Kier molecular flexibility index (Phi) is 3.58. The minimum absolute atomic E-state index is 0.510. The van der Waals surface area contributed by atoms with E-state index in [0.717, 1.165) is 22.4 Å². The molecule has 2 N–H and O–H groups in total. The van der Waals surface area contributed by atoms with Gasteiger partial charge in [-0.05, 0) is 40.6 Å². The molecule has 0 aliphatic rings. The van der Waals surface area contributed by atoms with E-state index in [9.17, 15) is 0 Å². The molecule has 0 amide bonds. The third-order valence-corrected chi connectivity index (χ3v) is 3.80. The SMILES string of the molecule is Cc1c(N)cccc1-c1nnnn1Cc1ccccc1Cl. The summed E-state index contributed by atoms with van der Waals surface area (Å²) in [6, 6.07) is 13.4. The van der Waals surface area contributed by atoms with E-state index in [1.54, 1.807) is 4.68 Å². The van der Waals surface area contributed by atoms with Gasteiger partial charge in [-0.1, -0.05) is 41.9 Å². The van der Waals surface area contributed by atoms with Crippen LogP contribution >= 0.6 is 11.6 Å². The Morgan fingerprint density at radius 2 is 1.95 bits per heavy atom. The van der Waals surface area contributed by atoms with Crippen molar-refractivity contribution >= 4 is 17.3 Å². The number of aromatic nitrogens is 4. The maximum absolute atomic E-state index is 6.19. The Morgan fingerprint density at radius 3 is 2.76 bits per heavy atom. The first-order chi connectivity index (χ1) is 10.2. The molecular weight excluding hydrogens is 286 g/mol. The van der Waals surface area contributed by atoms with Crippen molar-refractivity contribution < 1.29 is 0 Å². The fourth-order valence-electron chi connectivity index (χ4n) is 2.19. The number of benzene rings is 2. The maximum atomic E-state index is 6.19. The highest BCUT2D eigenvalue weighted by molar-refractivity contribution is 6.31. The number of halogens is 1. The number of nitrogens with two attached hydrogens (primary N) is 1. The lowest BCUT2D eigenvalue weighted by Gasteiger charge is -2.09. The highest BCUT2D eigenvalue weighted by Gasteiger charge is 2.13. The van der Waals surface area contributed by atoms with Gasteiger partial charge in [0.25, 0.3) is 0 Å². The van der Waals surface area contributed by atoms with E-state index >= 15 is 0 Å². The van der Waals surface area contributed by atoms with Gasteiger partial charge in [0.1, 0.15) is 0 Å². The monoisotopic (exact) mass is 299 g/mol.